The van der Waals surface area contributed by atoms with Crippen molar-refractivity contribution in [1.29, 1.82) is 0 Å². The first-order valence-electron chi connectivity index (χ1n) is 5.13. The summed E-state index contributed by atoms with van der Waals surface area (Å²) < 4.78 is 10.2. The van der Waals surface area contributed by atoms with Crippen molar-refractivity contribution in [2.24, 2.45) is 11.8 Å². The number of carbonyl (C=O) groups excluding carboxylic acids is 2. The van der Waals surface area contributed by atoms with Gasteiger partial charge < -0.3 is 9.47 Å². The Hall–Kier alpha value is -1.32. The van der Waals surface area contributed by atoms with E-state index in [-0.39, 0.29) is 18.0 Å². The fourth-order valence-electron chi connectivity index (χ4n) is 2.20. The van der Waals surface area contributed by atoms with Crippen molar-refractivity contribution < 1.29 is 19.1 Å². The summed E-state index contributed by atoms with van der Waals surface area (Å²) in [5.74, 6) is 0.845. The summed E-state index contributed by atoms with van der Waals surface area (Å²) in [5.41, 5.74) is 0. The molecule has 0 radical (unpaired) electrons. The van der Waals surface area contributed by atoms with Crippen molar-refractivity contribution in [3.05, 3.63) is 11.8 Å². The molecule has 3 aliphatic rings. The van der Waals surface area contributed by atoms with Gasteiger partial charge in [0.15, 0.2) is 0 Å². The van der Waals surface area contributed by atoms with Crippen LogP contribution in [0.25, 0.3) is 0 Å². The standard InChI is InChI=1S/C11H14O4/c1-6(12)14-10-5-11(15-7(2)13)9-3-8(10)4-9/h5,8-10H,3-4H2,1-2H3. The summed E-state index contributed by atoms with van der Waals surface area (Å²) in [4.78, 5) is 21.7. The number of esters is 2. The fourth-order valence-corrected chi connectivity index (χ4v) is 2.20. The molecule has 0 aromatic heterocycles. The molecule has 0 saturated heterocycles. The number of fused-ring (bicyclic) bond motifs is 1. The molecule has 4 nitrogen and oxygen atoms in total. The molecule has 0 aromatic rings. The van der Waals surface area contributed by atoms with Gasteiger partial charge in [0, 0.05) is 25.7 Å². The molecule has 1 fully saturated rings. The quantitative estimate of drug-likeness (QED) is 0.646. The molecule has 0 spiro atoms. The van der Waals surface area contributed by atoms with E-state index in [9.17, 15) is 9.59 Å². The van der Waals surface area contributed by atoms with Crippen LogP contribution in [0.2, 0.25) is 0 Å². The average Bonchev–Trinajstić information content (AvgIpc) is 1.97. The zero-order chi connectivity index (χ0) is 11.0. The van der Waals surface area contributed by atoms with E-state index in [1.807, 2.05) is 0 Å². The SMILES string of the molecule is CC(=O)OC1=CC(OC(C)=O)C2CC1C2. The van der Waals surface area contributed by atoms with Crippen molar-refractivity contribution in [3.63, 3.8) is 0 Å². The van der Waals surface area contributed by atoms with E-state index in [1.165, 1.54) is 13.8 Å². The monoisotopic (exact) mass is 210 g/mol. The number of ether oxygens (including phenoxy) is 2. The molecular weight excluding hydrogens is 196 g/mol. The summed E-state index contributed by atoms with van der Waals surface area (Å²) in [7, 11) is 0. The second kappa shape index (κ2) is 3.68. The summed E-state index contributed by atoms with van der Waals surface area (Å²) in [6.45, 7) is 2.77. The minimum absolute atomic E-state index is 0.207. The zero-order valence-electron chi connectivity index (χ0n) is 8.86. The lowest BCUT2D eigenvalue weighted by atomic mass is 9.66. The zero-order valence-corrected chi connectivity index (χ0v) is 8.86. The number of hydrogen-bond acceptors (Lipinski definition) is 4. The minimum atomic E-state index is -0.312. The fraction of sp³-hybridized carbons (Fsp3) is 0.636. The van der Waals surface area contributed by atoms with Crippen LogP contribution < -0.4 is 0 Å². The van der Waals surface area contributed by atoms with Crippen molar-refractivity contribution in [2.45, 2.75) is 32.8 Å². The van der Waals surface area contributed by atoms with Gasteiger partial charge in [0.05, 0.1) is 0 Å². The summed E-state index contributed by atoms with van der Waals surface area (Å²) in [6, 6.07) is 0. The second-order valence-corrected chi connectivity index (χ2v) is 4.17. The maximum atomic E-state index is 10.8. The Bertz CT molecular complexity index is 325. The molecule has 1 unspecified atom stereocenters. The summed E-state index contributed by atoms with van der Waals surface area (Å²) in [6.07, 6.45) is 3.47. The lowest BCUT2D eigenvalue weighted by molar-refractivity contribution is -0.151. The van der Waals surface area contributed by atoms with E-state index in [0.29, 0.717) is 17.6 Å². The van der Waals surface area contributed by atoms with Crippen molar-refractivity contribution in [1.82, 2.24) is 0 Å². The third kappa shape index (κ3) is 2.03. The maximum absolute atomic E-state index is 10.8. The Morgan fingerprint density at radius 2 is 1.93 bits per heavy atom. The van der Waals surface area contributed by atoms with Gasteiger partial charge in [-0.05, 0) is 18.9 Å². The third-order valence-electron chi connectivity index (χ3n) is 2.93. The second-order valence-electron chi connectivity index (χ2n) is 4.17. The molecule has 0 heterocycles. The minimum Gasteiger partial charge on any atom is -0.458 e. The van der Waals surface area contributed by atoms with Gasteiger partial charge in [-0.2, -0.15) is 0 Å². The number of rotatable bonds is 2. The maximum Gasteiger partial charge on any atom is 0.307 e. The molecule has 2 bridgehead atoms. The van der Waals surface area contributed by atoms with Crippen LogP contribution >= 0.6 is 0 Å². The van der Waals surface area contributed by atoms with Crippen molar-refractivity contribution in [2.75, 3.05) is 0 Å². The van der Waals surface area contributed by atoms with Crippen LogP contribution in [-0.2, 0) is 19.1 Å². The topological polar surface area (TPSA) is 52.6 Å². The van der Waals surface area contributed by atoms with Crippen LogP contribution in [-0.4, -0.2) is 18.0 Å². The molecule has 0 N–H and O–H groups in total. The first kappa shape index (κ1) is 10.2. The van der Waals surface area contributed by atoms with Gasteiger partial charge in [-0.1, -0.05) is 0 Å². The van der Waals surface area contributed by atoms with Gasteiger partial charge in [-0.3, -0.25) is 9.59 Å². The number of allylic oxidation sites excluding steroid dienone is 1. The van der Waals surface area contributed by atoms with E-state index in [4.69, 9.17) is 9.47 Å². The molecule has 3 rings (SSSR count). The highest BCUT2D eigenvalue weighted by atomic mass is 16.6. The van der Waals surface area contributed by atoms with Crippen LogP contribution in [0.5, 0.6) is 0 Å². The average molecular weight is 210 g/mol. The molecule has 0 amide bonds. The first-order valence-corrected chi connectivity index (χ1v) is 5.13. The van der Waals surface area contributed by atoms with E-state index >= 15 is 0 Å². The van der Waals surface area contributed by atoms with Gasteiger partial charge >= 0.3 is 11.9 Å². The van der Waals surface area contributed by atoms with Gasteiger partial charge in [0.25, 0.3) is 0 Å². The van der Waals surface area contributed by atoms with Gasteiger partial charge in [0.2, 0.25) is 0 Å². The van der Waals surface area contributed by atoms with Crippen LogP contribution in [0.15, 0.2) is 11.8 Å². The van der Waals surface area contributed by atoms with Gasteiger partial charge in [-0.25, -0.2) is 0 Å². The normalized spacial score (nSPS) is 32.4. The largest absolute Gasteiger partial charge is 0.458 e. The first-order chi connectivity index (χ1) is 7.06. The molecular formula is C11H14O4. The number of carbonyl (C=O) groups is 2. The molecule has 0 aliphatic heterocycles. The molecule has 15 heavy (non-hydrogen) atoms. The smallest absolute Gasteiger partial charge is 0.307 e. The Morgan fingerprint density at radius 3 is 2.47 bits per heavy atom. The van der Waals surface area contributed by atoms with Crippen LogP contribution in [0.3, 0.4) is 0 Å². The van der Waals surface area contributed by atoms with E-state index < -0.39 is 0 Å². The van der Waals surface area contributed by atoms with Gasteiger partial charge in [-0.15, -0.1) is 0 Å². The summed E-state index contributed by atoms with van der Waals surface area (Å²) >= 11 is 0. The van der Waals surface area contributed by atoms with Crippen molar-refractivity contribution in [3.8, 4) is 0 Å². The Kier molecular flexibility index (Phi) is 2.50. The molecule has 82 valence electrons. The third-order valence-corrected chi connectivity index (χ3v) is 2.93. The summed E-state index contributed by atoms with van der Waals surface area (Å²) in [5, 5.41) is 0. The highest BCUT2D eigenvalue weighted by molar-refractivity contribution is 5.68. The predicted octanol–water partition coefficient (Wildman–Crippen LogP) is 1.40. The molecule has 4 heteroatoms. The Balaban J connectivity index is 2.07. The number of hydrogen-bond donors (Lipinski definition) is 0. The lowest BCUT2D eigenvalue weighted by Crippen LogP contribution is -2.41. The van der Waals surface area contributed by atoms with Crippen LogP contribution in [0.1, 0.15) is 26.7 Å². The molecule has 1 saturated carbocycles. The van der Waals surface area contributed by atoms with E-state index in [2.05, 4.69) is 0 Å². The van der Waals surface area contributed by atoms with Crippen molar-refractivity contribution >= 4 is 11.9 Å². The predicted molar refractivity (Wildman–Crippen MR) is 51.6 cm³/mol. The van der Waals surface area contributed by atoms with Crippen LogP contribution in [0.4, 0.5) is 0 Å². The highest BCUT2D eigenvalue weighted by Crippen LogP contribution is 2.47. The van der Waals surface area contributed by atoms with E-state index in [0.717, 1.165) is 12.8 Å². The van der Waals surface area contributed by atoms with Gasteiger partial charge in [0.1, 0.15) is 11.9 Å². The highest BCUT2D eigenvalue weighted by Gasteiger charge is 2.44. The molecule has 0 aromatic carbocycles. The van der Waals surface area contributed by atoms with Crippen LogP contribution in [0, 0.1) is 11.8 Å². The Morgan fingerprint density at radius 1 is 1.27 bits per heavy atom. The molecule has 3 aliphatic carbocycles. The van der Waals surface area contributed by atoms with E-state index in [1.54, 1.807) is 6.08 Å². The molecule has 1 atom stereocenters. The lowest BCUT2D eigenvalue weighted by Gasteiger charge is -2.43. The Labute approximate surface area is 88.2 Å².